The molecule has 0 radical (unpaired) electrons. The first kappa shape index (κ1) is 24.1. The number of carbonyl (C=O) groups excluding carboxylic acids is 1. The second-order valence-electron chi connectivity index (χ2n) is 6.12. The zero-order chi connectivity index (χ0) is 22.9. The molecule has 0 unspecified atom stereocenters. The number of hydrogen-bond acceptors (Lipinski definition) is 9. The lowest BCUT2D eigenvalue weighted by molar-refractivity contribution is -0.118. The Bertz CT molecular complexity index is 1090. The lowest BCUT2D eigenvalue weighted by atomic mass is 10.2. The number of carbonyl (C=O) groups is 1. The summed E-state index contributed by atoms with van der Waals surface area (Å²) in [6, 6.07) is 10.6. The summed E-state index contributed by atoms with van der Waals surface area (Å²) in [5.41, 5.74) is 9.40. The zero-order valence-electron chi connectivity index (χ0n) is 16.9. The molecule has 0 spiro atoms. The second-order valence-corrected chi connectivity index (χ2v) is 9.16. The number of nitrogens with two attached hydrogens (primary N) is 1. The van der Waals surface area contributed by atoms with Crippen LogP contribution in [0.5, 0.6) is 11.5 Å². The fourth-order valence-electron chi connectivity index (χ4n) is 2.43. The van der Waals surface area contributed by atoms with Gasteiger partial charge >= 0.3 is 0 Å². The van der Waals surface area contributed by atoms with Crippen molar-refractivity contribution in [2.45, 2.75) is 17.9 Å². The predicted octanol–water partition coefficient (Wildman–Crippen LogP) is 4.65. The van der Waals surface area contributed by atoms with Gasteiger partial charge in [-0.2, -0.15) is 5.10 Å². The molecule has 3 aromatic rings. The van der Waals surface area contributed by atoms with E-state index in [9.17, 15) is 4.79 Å². The van der Waals surface area contributed by atoms with Crippen LogP contribution >= 0.6 is 46.3 Å². The molecule has 0 saturated carbocycles. The maximum atomic E-state index is 11.9. The Balaban J connectivity index is 1.58. The number of rotatable bonds is 10. The van der Waals surface area contributed by atoms with E-state index in [1.165, 1.54) is 29.3 Å². The first-order valence-electron chi connectivity index (χ1n) is 9.32. The third-order valence-corrected chi connectivity index (χ3v) is 6.45. The third-order valence-electron chi connectivity index (χ3n) is 3.85. The van der Waals surface area contributed by atoms with Crippen molar-refractivity contribution in [3.63, 3.8) is 0 Å². The van der Waals surface area contributed by atoms with Crippen molar-refractivity contribution in [2.24, 2.45) is 5.10 Å². The number of aromatic nitrogens is 2. The monoisotopic (exact) mass is 511 g/mol. The van der Waals surface area contributed by atoms with Gasteiger partial charge in [0.1, 0.15) is 6.61 Å². The fraction of sp³-hybridized carbons (Fsp3) is 0.200. The van der Waals surface area contributed by atoms with Crippen molar-refractivity contribution in [3.05, 3.63) is 57.6 Å². The minimum atomic E-state index is -0.276. The van der Waals surface area contributed by atoms with Crippen LogP contribution in [-0.4, -0.2) is 34.7 Å². The molecule has 1 amide bonds. The molecule has 8 nitrogen and oxygen atoms in total. The lowest BCUT2D eigenvalue weighted by Gasteiger charge is -2.14. The van der Waals surface area contributed by atoms with Gasteiger partial charge in [0.05, 0.1) is 18.6 Å². The fourth-order valence-corrected chi connectivity index (χ4v) is 4.36. The highest BCUT2D eigenvalue weighted by molar-refractivity contribution is 8.01. The van der Waals surface area contributed by atoms with E-state index in [0.717, 1.165) is 5.56 Å². The summed E-state index contributed by atoms with van der Waals surface area (Å²) in [5, 5.41) is 12.9. The van der Waals surface area contributed by atoms with E-state index in [2.05, 4.69) is 20.7 Å². The van der Waals surface area contributed by atoms with E-state index in [-0.39, 0.29) is 18.3 Å². The number of hydrogen-bond donors (Lipinski definition) is 2. The SMILES string of the molecule is CCOc1cc(C=NNC(=O)CSc2nnc(N)s2)ccc1OCc1c(Cl)cccc1Cl. The second kappa shape index (κ2) is 11.9. The van der Waals surface area contributed by atoms with E-state index < -0.39 is 0 Å². The summed E-state index contributed by atoms with van der Waals surface area (Å²) in [4.78, 5) is 11.9. The van der Waals surface area contributed by atoms with E-state index in [1.54, 1.807) is 36.4 Å². The molecule has 12 heteroatoms. The van der Waals surface area contributed by atoms with Crippen molar-refractivity contribution in [1.29, 1.82) is 0 Å². The van der Waals surface area contributed by atoms with Gasteiger partial charge in [0, 0.05) is 15.6 Å². The standard InChI is InChI=1S/C20H19Cl2N5O3S2/c1-2-29-17-8-12(9-24-25-18(28)11-31-20-27-26-19(23)32-20)6-7-16(17)30-10-13-14(21)4-3-5-15(13)22/h3-9H,2,10-11H2,1H3,(H2,23,26)(H,25,28). The molecular formula is C20H19Cl2N5O3S2. The number of thioether (sulfide) groups is 1. The molecule has 3 rings (SSSR count). The number of amides is 1. The highest BCUT2D eigenvalue weighted by Gasteiger charge is 2.11. The molecule has 3 N–H and O–H groups in total. The van der Waals surface area contributed by atoms with Crippen LogP contribution in [0, 0.1) is 0 Å². The van der Waals surface area contributed by atoms with Crippen molar-refractivity contribution in [1.82, 2.24) is 15.6 Å². The van der Waals surface area contributed by atoms with Crippen molar-refractivity contribution in [3.8, 4) is 11.5 Å². The summed E-state index contributed by atoms with van der Waals surface area (Å²) in [5.74, 6) is 0.946. The van der Waals surface area contributed by atoms with Gasteiger partial charge in [0.15, 0.2) is 15.8 Å². The number of halogens is 2. The van der Waals surface area contributed by atoms with E-state index in [1.807, 2.05) is 6.92 Å². The highest BCUT2D eigenvalue weighted by atomic mass is 35.5. The van der Waals surface area contributed by atoms with Gasteiger partial charge in [-0.15, -0.1) is 10.2 Å². The van der Waals surface area contributed by atoms with Crippen molar-refractivity contribution in [2.75, 3.05) is 18.1 Å². The molecule has 1 heterocycles. The minimum absolute atomic E-state index is 0.146. The molecule has 32 heavy (non-hydrogen) atoms. The number of ether oxygens (including phenoxy) is 2. The zero-order valence-corrected chi connectivity index (χ0v) is 20.0. The molecule has 2 aromatic carbocycles. The molecule has 0 aliphatic rings. The average Bonchev–Trinajstić information content (AvgIpc) is 3.18. The first-order valence-corrected chi connectivity index (χ1v) is 11.9. The quantitative estimate of drug-likeness (QED) is 0.231. The molecule has 168 valence electrons. The maximum absolute atomic E-state index is 11.9. The Morgan fingerprint density at radius 1 is 1.22 bits per heavy atom. The normalized spacial score (nSPS) is 11.0. The average molecular weight is 512 g/mol. The van der Waals surface area contributed by atoms with Gasteiger partial charge in [-0.05, 0) is 42.8 Å². The molecule has 0 atom stereocenters. The Morgan fingerprint density at radius 3 is 2.69 bits per heavy atom. The molecule has 1 aromatic heterocycles. The summed E-state index contributed by atoms with van der Waals surface area (Å²) in [7, 11) is 0. The van der Waals surface area contributed by atoms with Gasteiger partial charge < -0.3 is 15.2 Å². The summed E-state index contributed by atoms with van der Waals surface area (Å²) in [6.07, 6.45) is 1.52. The molecule has 0 aliphatic carbocycles. The van der Waals surface area contributed by atoms with Crippen LogP contribution in [0.15, 0.2) is 45.8 Å². The highest BCUT2D eigenvalue weighted by Crippen LogP contribution is 2.31. The van der Waals surface area contributed by atoms with Gasteiger partial charge in [-0.1, -0.05) is 52.4 Å². The van der Waals surface area contributed by atoms with E-state index in [0.29, 0.717) is 43.2 Å². The summed E-state index contributed by atoms with van der Waals surface area (Å²) < 4.78 is 12.2. The van der Waals surface area contributed by atoms with Crippen LogP contribution < -0.4 is 20.6 Å². The van der Waals surface area contributed by atoms with Crippen LogP contribution in [0.25, 0.3) is 0 Å². The van der Waals surface area contributed by atoms with Crippen molar-refractivity contribution >= 4 is 63.6 Å². The van der Waals surface area contributed by atoms with Crippen LogP contribution in [0.1, 0.15) is 18.1 Å². The Labute approximate surface area is 203 Å². The van der Waals surface area contributed by atoms with Crippen LogP contribution in [0.3, 0.4) is 0 Å². The first-order chi connectivity index (χ1) is 15.5. The van der Waals surface area contributed by atoms with Crippen LogP contribution in [-0.2, 0) is 11.4 Å². The topological polar surface area (TPSA) is 112 Å². The van der Waals surface area contributed by atoms with E-state index in [4.69, 9.17) is 38.4 Å². The number of anilines is 1. The number of nitrogens with zero attached hydrogens (tertiary/aromatic N) is 3. The van der Waals surface area contributed by atoms with Crippen molar-refractivity contribution < 1.29 is 14.3 Å². The summed E-state index contributed by atoms with van der Waals surface area (Å²) >= 11 is 14.9. The predicted molar refractivity (Wildman–Crippen MR) is 129 cm³/mol. The number of benzene rings is 2. The maximum Gasteiger partial charge on any atom is 0.250 e. The Morgan fingerprint density at radius 2 is 2.00 bits per heavy atom. The van der Waals surface area contributed by atoms with Gasteiger partial charge in [0.25, 0.3) is 5.91 Å². The van der Waals surface area contributed by atoms with Crippen LogP contribution in [0.2, 0.25) is 10.0 Å². The minimum Gasteiger partial charge on any atom is -0.490 e. The Hall–Kier alpha value is -2.53. The van der Waals surface area contributed by atoms with Crippen LogP contribution in [0.4, 0.5) is 5.13 Å². The smallest absolute Gasteiger partial charge is 0.250 e. The lowest BCUT2D eigenvalue weighted by Crippen LogP contribution is -2.19. The largest absolute Gasteiger partial charge is 0.490 e. The van der Waals surface area contributed by atoms with E-state index >= 15 is 0 Å². The van der Waals surface area contributed by atoms with Gasteiger partial charge in [0.2, 0.25) is 5.13 Å². The third kappa shape index (κ3) is 6.99. The Kier molecular flexibility index (Phi) is 8.98. The molecule has 0 aliphatic heterocycles. The molecular weight excluding hydrogens is 493 g/mol. The number of nitrogen functional groups attached to an aromatic ring is 1. The van der Waals surface area contributed by atoms with Gasteiger partial charge in [-0.3, -0.25) is 4.79 Å². The molecule has 0 bridgehead atoms. The molecule has 0 saturated heterocycles. The number of hydrazone groups is 1. The number of nitrogens with one attached hydrogen (secondary N) is 1. The van der Waals surface area contributed by atoms with Gasteiger partial charge in [-0.25, -0.2) is 5.43 Å². The molecule has 0 fully saturated rings. The summed E-state index contributed by atoms with van der Waals surface area (Å²) in [6.45, 7) is 2.52.